The first-order chi connectivity index (χ1) is 12.6. The van der Waals surface area contributed by atoms with Gasteiger partial charge in [0, 0.05) is 30.6 Å². The zero-order valence-electron chi connectivity index (χ0n) is 15.0. The fourth-order valence-electron chi connectivity index (χ4n) is 3.44. The molecule has 2 aliphatic heterocycles. The first-order valence-electron chi connectivity index (χ1n) is 9.22. The minimum absolute atomic E-state index is 0.0119. The van der Waals surface area contributed by atoms with Crippen LogP contribution >= 0.6 is 11.6 Å². The maximum absolute atomic E-state index is 12.5. The van der Waals surface area contributed by atoms with Gasteiger partial charge in [-0.15, -0.1) is 0 Å². The highest BCUT2D eigenvalue weighted by atomic mass is 35.5. The van der Waals surface area contributed by atoms with Crippen molar-refractivity contribution in [3.63, 3.8) is 0 Å². The lowest BCUT2D eigenvalue weighted by atomic mass is 9.95. The number of carbonyl (C=O) groups excluding carboxylic acids is 2. The van der Waals surface area contributed by atoms with Crippen LogP contribution in [0, 0.1) is 5.92 Å². The van der Waals surface area contributed by atoms with E-state index in [1.54, 1.807) is 0 Å². The van der Waals surface area contributed by atoms with Crippen molar-refractivity contribution in [3.8, 4) is 0 Å². The summed E-state index contributed by atoms with van der Waals surface area (Å²) in [6, 6.07) is 7.45. The van der Waals surface area contributed by atoms with E-state index in [0.29, 0.717) is 44.4 Å². The molecule has 0 aromatic heterocycles. The molecule has 1 N–H and O–H groups in total. The molecule has 6 nitrogen and oxygen atoms in total. The molecule has 3 rings (SSSR count). The molecule has 2 fully saturated rings. The van der Waals surface area contributed by atoms with E-state index in [0.717, 1.165) is 31.5 Å². The van der Waals surface area contributed by atoms with Gasteiger partial charge in [-0.3, -0.25) is 14.5 Å². The number of ether oxygens (including phenoxy) is 1. The largest absolute Gasteiger partial charge is 0.378 e. The fourth-order valence-corrected chi connectivity index (χ4v) is 3.57. The number of morpholine rings is 1. The minimum atomic E-state index is 0.0119. The molecular weight excluding hydrogens is 354 g/mol. The van der Waals surface area contributed by atoms with Crippen LogP contribution in [0.1, 0.15) is 18.4 Å². The maximum Gasteiger partial charge on any atom is 0.234 e. The molecule has 0 radical (unpaired) electrons. The van der Waals surface area contributed by atoms with Crippen molar-refractivity contribution in [2.24, 2.45) is 5.92 Å². The van der Waals surface area contributed by atoms with Crippen molar-refractivity contribution in [2.45, 2.75) is 19.4 Å². The summed E-state index contributed by atoms with van der Waals surface area (Å²) in [5.74, 6) is 0.347. The van der Waals surface area contributed by atoms with Crippen LogP contribution in [0.25, 0.3) is 0 Å². The molecule has 2 saturated heterocycles. The second-order valence-corrected chi connectivity index (χ2v) is 7.33. The lowest BCUT2D eigenvalue weighted by Crippen LogP contribution is -2.48. The zero-order chi connectivity index (χ0) is 18.4. The topological polar surface area (TPSA) is 61.9 Å². The zero-order valence-corrected chi connectivity index (χ0v) is 15.7. The smallest absolute Gasteiger partial charge is 0.234 e. The molecule has 0 spiro atoms. The molecule has 0 unspecified atom stereocenters. The standard InChI is InChI=1S/C19H26ClN3O3/c20-17-3-1-15(2-4-17)13-21-18(24)14-22-7-5-16(6-8-22)19(25)23-9-11-26-12-10-23/h1-4,16H,5-14H2,(H,21,24). The third-order valence-electron chi connectivity index (χ3n) is 5.03. The van der Waals surface area contributed by atoms with Crippen LogP contribution in [0.3, 0.4) is 0 Å². The fraction of sp³-hybridized carbons (Fsp3) is 0.579. The van der Waals surface area contributed by atoms with Gasteiger partial charge in [-0.25, -0.2) is 0 Å². The Labute approximate surface area is 159 Å². The summed E-state index contributed by atoms with van der Waals surface area (Å²) in [5.41, 5.74) is 1.03. The van der Waals surface area contributed by atoms with E-state index in [-0.39, 0.29) is 17.7 Å². The van der Waals surface area contributed by atoms with Crippen LogP contribution < -0.4 is 5.32 Å². The lowest BCUT2D eigenvalue weighted by molar-refractivity contribution is -0.141. The lowest BCUT2D eigenvalue weighted by Gasteiger charge is -2.35. The third kappa shape index (κ3) is 5.43. The predicted molar refractivity (Wildman–Crippen MR) is 99.9 cm³/mol. The van der Waals surface area contributed by atoms with Crippen molar-refractivity contribution in [1.29, 1.82) is 0 Å². The Kier molecular flexibility index (Phi) is 6.88. The van der Waals surface area contributed by atoms with Crippen LogP contribution in [0.2, 0.25) is 5.02 Å². The first kappa shape index (κ1) is 19.1. The van der Waals surface area contributed by atoms with Crippen molar-refractivity contribution >= 4 is 23.4 Å². The summed E-state index contributed by atoms with van der Waals surface area (Å²) >= 11 is 5.86. The van der Waals surface area contributed by atoms with E-state index in [1.165, 1.54) is 0 Å². The number of benzene rings is 1. The Balaban J connectivity index is 1.37. The molecule has 0 bridgehead atoms. The summed E-state index contributed by atoms with van der Waals surface area (Å²) in [6.07, 6.45) is 1.64. The van der Waals surface area contributed by atoms with Gasteiger partial charge in [0.05, 0.1) is 19.8 Å². The molecule has 0 atom stereocenters. The molecule has 142 valence electrons. The van der Waals surface area contributed by atoms with Gasteiger partial charge >= 0.3 is 0 Å². The van der Waals surface area contributed by atoms with E-state index >= 15 is 0 Å². The normalized spacial score (nSPS) is 19.3. The number of piperidine rings is 1. The van der Waals surface area contributed by atoms with Gasteiger partial charge in [0.15, 0.2) is 0 Å². The van der Waals surface area contributed by atoms with E-state index in [2.05, 4.69) is 10.2 Å². The highest BCUT2D eigenvalue weighted by molar-refractivity contribution is 6.30. The van der Waals surface area contributed by atoms with Gasteiger partial charge in [-0.2, -0.15) is 0 Å². The molecule has 2 amide bonds. The van der Waals surface area contributed by atoms with Gasteiger partial charge in [-0.1, -0.05) is 23.7 Å². The number of carbonyl (C=O) groups is 2. The van der Waals surface area contributed by atoms with Crippen molar-refractivity contribution in [1.82, 2.24) is 15.1 Å². The van der Waals surface area contributed by atoms with Gasteiger partial charge in [0.1, 0.15) is 0 Å². The van der Waals surface area contributed by atoms with Crippen LogP contribution in [0.4, 0.5) is 0 Å². The van der Waals surface area contributed by atoms with Crippen LogP contribution in [-0.4, -0.2) is 67.6 Å². The molecule has 7 heteroatoms. The average molecular weight is 380 g/mol. The Hall–Kier alpha value is -1.63. The number of hydrogen-bond acceptors (Lipinski definition) is 4. The van der Waals surface area contributed by atoms with Crippen LogP contribution in [0.5, 0.6) is 0 Å². The summed E-state index contributed by atoms with van der Waals surface area (Å²) in [4.78, 5) is 28.7. The number of nitrogens with zero attached hydrogens (tertiary/aromatic N) is 2. The van der Waals surface area contributed by atoms with E-state index in [9.17, 15) is 9.59 Å². The van der Waals surface area contributed by atoms with E-state index in [4.69, 9.17) is 16.3 Å². The number of hydrogen-bond donors (Lipinski definition) is 1. The Morgan fingerprint density at radius 2 is 1.73 bits per heavy atom. The summed E-state index contributed by atoms with van der Waals surface area (Å²) in [7, 11) is 0. The minimum Gasteiger partial charge on any atom is -0.378 e. The maximum atomic E-state index is 12.5. The molecule has 0 aliphatic carbocycles. The Bertz CT molecular complexity index is 609. The van der Waals surface area contributed by atoms with Crippen molar-refractivity contribution in [2.75, 3.05) is 45.9 Å². The quantitative estimate of drug-likeness (QED) is 0.842. The molecule has 0 saturated carbocycles. The molecular formula is C19H26ClN3O3. The SMILES string of the molecule is O=C(CN1CCC(C(=O)N2CCOCC2)CC1)NCc1ccc(Cl)cc1. The number of halogens is 1. The molecule has 26 heavy (non-hydrogen) atoms. The van der Waals surface area contributed by atoms with Crippen molar-refractivity contribution in [3.05, 3.63) is 34.9 Å². The Morgan fingerprint density at radius 1 is 1.08 bits per heavy atom. The highest BCUT2D eigenvalue weighted by Gasteiger charge is 2.29. The predicted octanol–water partition coefficient (Wildman–Crippen LogP) is 1.53. The van der Waals surface area contributed by atoms with Crippen LogP contribution in [0.15, 0.2) is 24.3 Å². The number of nitrogens with one attached hydrogen (secondary N) is 1. The number of amides is 2. The van der Waals surface area contributed by atoms with E-state index in [1.807, 2.05) is 29.2 Å². The van der Waals surface area contributed by atoms with Gasteiger partial charge < -0.3 is 15.0 Å². The highest BCUT2D eigenvalue weighted by Crippen LogP contribution is 2.20. The second kappa shape index (κ2) is 9.35. The number of likely N-dealkylation sites (tertiary alicyclic amines) is 1. The summed E-state index contributed by atoms with van der Waals surface area (Å²) in [5, 5.41) is 3.63. The molecule has 1 aromatic rings. The molecule has 2 heterocycles. The summed E-state index contributed by atoms with van der Waals surface area (Å²) in [6.45, 7) is 5.13. The monoisotopic (exact) mass is 379 g/mol. The van der Waals surface area contributed by atoms with Crippen molar-refractivity contribution < 1.29 is 14.3 Å². The second-order valence-electron chi connectivity index (χ2n) is 6.89. The first-order valence-corrected chi connectivity index (χ1v) is 9.59. The summed E-state index contributed by atoms with van der Waals surface area (Å²) < 4.78 is 5.31. The number of rotatable bonds is 5. The van der Waals surface area contributed by atoms with E-state index < -0.39 is 0 Å². The molecule has 1 aromatic carbocycles. The Morgan fingerprint density at radius 3 is 2.38 bits per heavy atom. The molecule has 2 aliphatic rings. The third-order valence-corrected chi connectivity index (χ3v) is 5.28. The average Bonchev–Trinajstić information content (AvgIpc) is 2.68. The van der Waals surface area contributed by atoms with Gasteiger partial charge in [0.25, 0.3) is 0 Å². The van der Waals surface area contributed by atoms with Gasteiger partial charge in [-0.05, 0) is 43.6 Å². The van der Waals surface area contributed by atoms with Gasteiger partial charge in [0.2, 0.25) is 11.8 Å². The van der Waals surface area contributed by atoms with Crippen LogP contribution in [-0.2, 0) is 20.9 Å².